The fraction of sp³-hybridized carbons (Fsp3) is 0.929. The Morgan fingerprint density at radius 3 is 2.72 bits per heavy atom. The van der Waals surface area contributed by atoms with Crippen molar-refractivity contribution in [1.82, 2.24) is 15.1 Å². The van der Waals surface area contributed by atoms with Crippen molar-refractivity contribution in [2.75, 3.05) is 45.8 Å². The highest BCUT2D eigenvalue weighted by Crippen LogP contribution is 2.21. The third-order valence-electron chi connectivity index (χ3n) is 4.42. The van der Waals surface area contributed by atoms with Gasteiger partial charge in [0, 0.05) is 26.2 Å². The van der Waals surface area contributed by atoms with Gasteiger partial charge in [0.25, 0.3) is 0 Å². The van der Waals surface area contributed by atoms with Gasteiger partial charge in [-0.2, -0.15) is 0 Å². The summed E-state index contributed by atoms with van der Waals surface area (Å²) in [7, 11) is 0. The van der Waals surface area contributed by atoms with E-state index in [0.717, 1.165) is 52.2 Å². The molecule has 0 saturated carbocycles. The molecule has 2 aliphatic rings. The molecule has 2 unspecified atom stereocenters. The Bertz CT molecular complexity index is 272. The Balaban J connectivity index is 1.78. The molecule has 104 valence electrons. The molecule has 0 aromatic heterocycles. The molecule has 1 amide bonds. The average Bonchev–Trinajstić information content (AvgIpc) is 3.06. The van der Waals surface area contributed by atoms with Crippen LogP contribution in [0.4, 0.5) is 0 Å². The molecule has 0 aromatic carbocycles. The first-order valence-electron chi connectivity index (χ1n) is 7.46. The van der Waals surface area contributed by atoms with Gasteiger partial charge in [-0.15, -0.1) is 0 Å². The van der Waals surface area contributed by atoms with Crippen molar-refractivity contribution in [2.24, 2.45) is 11.8 Å². The summed E-state index contributed by atoms with van der Waals surface area (Å²) in [5, 5.41) is 3.28. The van der Waals surface area contributed by atoms with Gasteiger partial charge in [0.15, 0.2) is 0 Å². The van der Waals surface area contributed by atoms with Gasteiger partial charge in [0.1, 0.15) is 0 Å². The second-order valence-corrected chi connectivity index (χ2v) is 5.61. The lowest BCUT2D eigenvalue weighted by Crippen LogP contribution is -2.37. The molecule has 4 heteroatoms. The van der Waals surface area contributed by atoms with E-state index in [1.165, 1.54) is 6.42 Å². The van der Waals surface area contributed by atoms with Crippen LogP contribution in [0.2, 0.25) is 0 Å². The van der Waals surface area contributed by atoms with Crippen LogP contribution in [0, 0.1) is 11.8 Å². The summed E-state index contributed by atoms with van der Waals surface area (Å²) in [4.78, 5) is 16.9. The minimum Gasteiger partial charge on any atom is -0.342 e. The van der Waals surface area contributed by atoms with Crippen LogP contribution in [0.5, 0.6) is 0 Å². The highest BCUT2D eigenvalue weighted by atomic mass is 16.2. The van der Waals surface area contributed by atoms with E-state index in [-0.39, 0.29) is 5.92 Å². The van der Waals surface area contributed by atoms with Crippen molar-refractivity contribution < 1.29 is 4.79 Å². The van der Waals surface area contributed by atoms with Crippen LogP contribution in [0.3, 0.4) is 0 Å². The van der Waals surface area contributed by atoms with Gasteiger partial charge in [0.05, 0.1) is 5.92 Å². The zero-order valence-corrected chi connectivity index (χ0v) is 11.8. The Morgan fingerprint density at radius 2 is 2.11 bits per heavy atom. The highest BCUT2D eigenvalue weighted by Gasteiger charge is 2.32. The van der Waals surface area contributed by atoms with E-state index >= 15 is 0 Å². The van der Waals surface area contributed by atoms with Crippen molar-refractivity contribution in [3.8, 4) is 0 Å². The molecule has 0 aliphatic carbocycles. The van der Waals surface area contributed by atoms with Crippen LogP contribution in [-0.4, -0.2) is 61.5 Å². The van der Waals surface area contributed by atoms with Crippen molar-refractivity contribution in [1.29, 1.82) is 0 Å². The average molecular weight is 253 g/mol. The molecule has 1 N–H and O–H groups in total. The van der Waals surface area contributed by atoms with Crippen molar-refractivity contribution in [3.63, 3.8) is 0 Å². The van der Waals surface area contributed by atoms with Crippen LogP contribution in [0.1, 0.15) is 26.7 Å². The van der Waals surface area contributed by atoms with Gasteiger partial charge in [-0.3, -0.25) is 4.79 Å². The van der Waals surface area contributed by atoms with Gasteiger partial charge in [-0.25, -0.2) is 0 Å². The zero-order chi connectivity index (χ0) is 13.0. The first kappa shape index (κ1) is 13.8. The van der Waals surface area contributed by atoms with Crippen molar-refractivity contribution >= 4 is 5.91 Å². The SMILES string of the molecule is CCN(CC)CC1CCN(C(=O)C2CCNC2)C1. The Morgan fingerprint density at radius 1 is 1.33 bits per heavy atom. The van der Waals surface area contributed by atoms with E-state index < -0.39 is 0 Å². The van der Waals surface area contributed by atoms with Crippen LogP contribution in [-0.2, 0) is 4.79 Å². The predicted octanol–water partition coefficient (Wildman–Crippen LogP) is 0.786. The summed E-state index contributed by atoms with van der Waals surface area (Å²) < 4.78 is 0. The van der Waals surface area contributed by atoms with Crippen LogP contribution in [0.15, 0.2) is 0 Å². The molecule has 0 bridgehead atoms. The van der Waals surface area contributed by atoms with E-state index in [2.05, 4.69) is 29.0 Å². The highest BCUT2D eigenvalue weighted by molar-refractivity contribution is 5.79. The van der Waals surface area contributed by atoms with Gasteiger partial charge in [-0.05, 0) is 38.4 Å². The number of carbonyl (C=O) groups excluding carboxylic acids is 1. The number of rotatable bonds is 5. The fourth-order valence-corrected chi connectivity index (χ4v) is 3.15. The Labute approximate surface area is 111 Å². The number of hydrogen-bond donors (Lipinski definition) is 1. The van der Waals surface area contributed by atoms with Gasteiger partial charge in [-0.1, -0.05) is 13.8 Å². The molecule has 0 radical (unpaired) electrons. The second kappa shape index (κ2) is 6.53. The normalized spacial score (nSPS) is 28.3. The predicted molar refractivity (Wildman–Crippen MR) is 73.5 cm³/mol. The summed E-state index contributed by atoms with van der Waals surface area (Å²) in [5.41, 5.74) is 0. The minimum absolute atomic E-state index is 0.247. The number of likely N-dealkylation sites (tertiary alicyclic amines) is 1. The first-order valence-corrected chi connectivity index (χ1v) is 7.46. The number of nitrogens with one attached hydrogen (secondary N) is 1. The van der Waals surface area contributed by atoms with Crippen LogP contribution < -0.4 is 5.32 Å². The molecule has 2 atom stereocenters. The molecule has 2 heterocycles. The molecule has 2 rings (SSSR count). The third kappa shape index (κ3) is 3.23. The molecule has 2 fully saturated rings. The maximum Gasteiger partial charge on any atom is 0.227 e. The number of nitrogens with zero attached hydrogens (tertiary/aromatic N) is 2. The van der Waals surface area contributed by atoms with Crippen LogP contribution >= 0.6 is 0 Å². The molecule has 2 saturated heterocycles. The lowest BCUT2D eigenvalue weighted by atomic mass is 10.1. The molecule has 18 heavy (non-hydrogen) atoms. The van der Waals surface area contributed by atoms with E-state index in [1.807, 2.05) is 0 Å². The summed E-state index contributed by atoms with van der Waals surface area (Å²) in [6, 6.07) is 0. The fourth-order valence-electron chi connectivity index (χ4n) is 3.15. The quantitative estimate of drug-likeness (QED) is 0.787. The Hall–Kier alpha value is -0.610. The molecular formula is C14H27N3O. The third-order valence-corrected chi connectivity index (χ3v) is 4.42. The molecule has 0 spiro atoms. The summed E-state index contributed by atoms with van der Waals surface area (Å²) in [5.74, 6) is 1.32. The number of hydrogen-bond acceptors (Lipinski definition) is 3. The lowest BCUT2D eigenvalue weighted by molar-refractivity contribution is -0.133. The largest absolute Gasteiger partial charge is 0.342 e. The Kier molecular flexibility index (Phi) is 5.01. The first-order chi connectivity index (χ1) is 8.74. The topological polar surface area (TPSA) is 35.6 Å². The van der Waals surface area contributed by atoms with Crippen molar-refractivity contribution in [2.45, 2.75) is 26.7 Å². The number of amides is 1. The zero-order valence-electron chi connectivity index (χ0n) is 11.8. The summed E-state index contributed by atoms with van der Waals surface area (Å²) in [6.07, 6.45) is 2.21. The molecule has 2 aliphatic heterocycles. The van der Waals surface area contributed by atoms with E-state index in [9.17, 15) is 4.79 Å². The van der Waals surface area contributed by atoms with Gasteiger partial charge >= 0.3 is 0 Å². The smallest absolute Gasteiger partial charge is 0.227 e. The van der Waals surface area contributed by atoms with Crippen molar-refractivity contribution in [3.05, 3.63) is 0 Å². The maximum atomic E-state index is 12.3. The second-order valence-electron chi connectivity index (χ2n) is 5.61. The number of carbonyl (C=O) groups is 1. The maximum absolute atomic E-state index is 12.3. The van der Waals surface area contributed by atoms with E-state index in [1.54, 1.807) is 0 Å². The summed E-state index contributed by atoms with van der Waals surface area (Å²) in [6.45, 7) is 11.7. The van der Waals surface area contributed by atoms with E-state index in [0.29, 0.717) is 11.8 Å². The van der Waals surface area contributed by atoms with Gasteiger partial charge < -0.3 is 15.1 Å². The molecule has 0 aromatic rings. The van der Waals surface area contributed by atoms with Crippen LogP contribution in [0.25, 0.3) is 0 Å². The summed E-state index contributed by atoms with van der Waals surface area (Å²) >= 11 is 0. The van der Waals surface area contributed by atoms with E-state index in [4.69, 9.17) is 0 Å². The standard InChI is InChI=1S/C14H27N3O/c1-3-16(4-2)10-12-6-8-17(11-12)14(18)13-5-7-15-9-13/h12-13,15H,3-11H2,1-2H3. The monoisotopic (exact) mass is 253 g/mol. The molecule has 4 nitrogen and oxygen atoms in total. The minimum atomic E-state index is 0.247. The van der Waals surface area contributed by atoms with Gasteiger partial charge in [0.2, 0.25) is 5.91 Å². The lowest BCUT2D eigenvalue weighted by Gasteiger charge is -2.23. The molecular weight excluding hydrogens is 226 g/mol.